The van der Waals surface area contributed by atoms with Crippen LogP contribution in [0.4, 0.5) is 17.6 Å². The minimum absolute atomic E-state index is 0.338. The highest BCUT2D eigenvalue weighted by atomic mass is 19.4. The first-order valence-corrected chi connectivity index (χ1v) is 9.12. The summed E-state index contributed by atoms with van der Waals surface area (Å²) in [5.41, 5.74) is 2.46. The van der Waals surface area contributed by atoms with E-state index in [1.165, 1.54) is 44.1 Å². The molecular weight excluding hydrogens is 332 g/mol. The number of halogens is 4. The molecule has 0 aromatic heterocycles. The smallest absolute Gasteiger partial charge is 0.403 e. The largest absolute Gasteiger partial charge is 0.573 e. The van der Waals surface area contributed by atoms with Gasteiger partial charge in [-0.15, -0.1) is 13.2 Å². The first kappa shape index (κ1) is 18.3. The molecule has 1 nitrogen and oxygen atoms in total. The summed E-state index contributed by atoms with van der Waals surface area (Å²) in [7, 11) is 0. The maximum atomic E-state index is 14.3. The Morgan fingerprint density at radius 3 is 2.48 bits per heavy atom. The van der Waals surface area contributed by atoms with Crippen molar-refractivity contribution in [3.8, 4) is 5.75 Å². The van der Waals surface area contributed by atoms with Crippen LogP contribution in [0.3, 0.4) is 0 Å². The second-order valence-electron chi connectivity index (χ2n) is 7.23. The van der Waals surface area contributed by atoms with Crippen LogP contribution in [-0.4, -0.2) is 6.36 Å². The Bertz CT molecular complexity index is 640. The van der Waals surface area contributed by atoms with Crippen molar-refractivity contribution in [1.82, 2.24) is 0 Å². The predicted octanol–water partition coefficient (Wildman–Crippen LogP) is 6.36. The van der Waals surface area contributed by atoms with Gasteiger partial charge in [-0.2, -0.15) is 0 Å². The van der Waals surface area contributed by atoms with Gasteiger partial charge in [-0.05, 0) is 67.6 Å². The predicted molar refractivity (Wildman–Crippen MR) is 88.9 cm³/mol. The van der Waals surface area contributed by atoms with Crippen molar-refractivity contribution in [1.29, 1.82) is 0 Å². The monoisotopic (exact) mass is 356 g/mol. The van der Waals surface area contributed by atoms with Crippen LogP contribution in [0.1, 0.15) is 56.6 Å². The molecule has 0 aliphatic heterocycles. The SMILES string of the molecule is CCCC1CCC(C2=CCc3c(ccc(OC(F)(F)F)c3F)C2)CC1. The molecule has 0 atom stereocenters. The van der Waals surface area contributed by atoms with E-state index in [4.69, 9.17) is 0 Å². The number of benzene rings is 1. The maximum absolute atomic E-state index is 14.3. The summed E-state index contributed by atoms with van der Waals surface area (Å²) in [6.07, 6.45) is 5.49. The molecule has 2 aliphatic carbocycles. The Hall–Kier alpha value is -1.52. The zero-order valence-corrected chi connectivity index (χ0v) is 14.5. The second kappa shape index (κ2) is 7.38. The first-order chi connectivity index (χ1) is 11.9. The lowest BCUT2D eigenvalue weighted by Crippen LogP contribution is -2.21. The fourth-order valence-corrected chi connectivity index (χ4v) is 4.30. The Kier molecular flexibility index (Phi) is 5.40. The maximum Gasteiger partial charge on any atom is 0.573 e. The number of hydrogen-bond donors (Lipinski definition) is 0. The quantitative estimate of drug-likeness (QED) is 0.451. The number of ether oxygens (including phenoxy) is 1. The molecule has 138 valence electrons. The van der Waals surface area contributed by atoms with Gasteiger partial charge < -0.3 is 4.74 Å². The highest BCUT2D eigenvalue weighted by Crippen LogP contribution is 2.39. The molecule has 1 aromatic rings. The average molecular weight is 356 g/mol. The third-order valence-electron chi connectivity index (χ3n) is 5.56. The van der Waals surface area contributed by atoms with Crippen LogP contribution in [0.2, 0.25) is 0 Å². The lowest BCUT2D eigenvalue weighted by molar-refractivity contribution is -0.275. The molecule has 1 saturated carbocycles. The van der Waals surface area contributed by atoms with E-state index < -0.39 is 17.9 Å². The van der Waals surface area contributed by atoms with Crippen molar-refractivity contribution < 1.29 is 22.3 Å². The van der Waals surface area contributed by atoms with Crippen LogP contribution in [0, 0.1) is 17.7 Å². The third kappa shape index (κ3) is 4.36. The fraction of sp³-hybridized carbons (Fsp3) is 0.600. The molecule has 0 N–H and O–H groups in total. The molecular formula is C20H24F4O. The van der Waals surface area contributed by atoms with Crippen molar-refractivity contribution in [3.05, 3.63) is 40.7 Å². The molecule has 1 aromatic carbocycles. The molecule has 1 fully saturated rings. The van der Waals surface area contributed by atoms with Crippen molar-refractivity contribution in [2.45, 2.75) is 64.7 Å². The van der Waals surface area contributed by atoms with Gasteiger partial charge in [-0.3, -0.25) is 0 Å². The Labute approximate surface area is 146 Å². The second-order valence-corrected chi connectivity index (χ2v) is 7.23. The Balaban J connectivity index is 1.69. The third-order valence-corrected chi connectivity index (χ3v) is 5.56. The van der Waals surface area contributed by atoms with Gasteiger partial charge >= 0.3 is 6.36 Å². The summed E-state index contributed by atoms with van der Waals surface area (Å²) < 4.78 is 55.1. The molecule has 0 spiro atoms. The van der Waals surface area contributed by atoms with Crippen molar-refractivity contribution in [2.75, 3.05) is 0 Å². The van der Waals surface area contributed by atoms with Crippen molar-refractivity contribution in [3.63, 3.8) is 0 Å². The molecule has 25 heavy (non-hydrogen) atoms. The van der Waals surface area contributed by atoms with E-state index in [0.717, 1.165) is 17.5 Å². The first-order valence-electron chi connectivity index (χ1n) is 9.12. The number of alkyl halides is 3. The summed E-state index contributed by atoms with van der Waals surface area (Å²) in [4.78, 5) is 0. The van der Waals surface area contributed by atoms with Crippen LogP contribution in [0.5, 0.6) is 5.75 Å². The number of hydrogen-bond acceptors (Lipinski definition) is 1. The van der Waals surface area contributed by atoms with Crippen LogP contribution in [-0.2, 0) is 12.8 Å². The molecule has 0 unspecified atom stereocenters. The van der Waals surface area contributed by atoms with Gasteiger partial charge in [-0.25, -0.2) is 4.39 Å². The van der Waals surface area contributed by atoms with E-state index in [1.807, 2.05) is 6.08 Å². The zero-order valence-electron chi connectivity index (χ0n) is 14.5. The van der Waals surface area contributed by atoms with Gasteiger partial charge in [-0.1, -0.05) is 37.5 Å². The topological polar surface area (TPSA) is 9.23 Å². The highest BCUT2D eigenvalue weighted by Gasteiger charge is 2.33. The van der Waals surface area contributed by atoms with Crippen LogP contribution >= 0.6 is 0 Å². The van der Waals surface area contributed by atoms with Gasteiger partial charge in [0.25, 0.3) is 0 Å². The number of fused-ring (bicyclic) bond motifs is 1. The van der Waals surface area contributed by atoms with E-state index in [1.54, 1.807) is 6.07 Å². The highest BCUT2D eigenvalue weighted by molar-refractivity contribution is 5.44. The summed E-state index contributed by atoms with van der Waals surface area (Å²) >= 11 is 0. The summed E-state index contributed by atoms with van der Waals surface area (Å²) in [6.45, 7) is 2.22. The average Bonchev–Trinajstić information content (AvgIpc) is 2.57. The van der Waals surface area contributed by atoms with Crippen LogP contribution in [0.25, 0.3) is 0 Å². The van der Waals surface area contributed by atoms with Crippen LogP contribution < -0.4 is 4.74 Å². The number of rotatable bonds is 4. The van der Waals surface area contributed by atoms with E-state index in [-0.39, 0.29) is 0 Å². The molecule has 0 amide bonds. The number of allylic oxidation sites excluding steroid dienone is 2. The van der Waals surface area contributed by atoms with Crippen LogP contribution in [0.15, 0.2) is 23.8 Å². The van der Waals surface area contributed by atoms with Gasteiger partial charge in [0.2, 0.25) is 0 Å². The van der Waals surface area contributed by atoms with Gasteiger partial charge in [0, 0.05) is 0 Å². The Morgan fingerprint density at radius 1 is 1.12 bits per heavy atom. The van der Waals surface area contributed by atoms with Gasteiger partial charge in [0.1, 0.15) is 0 Å². The summed E-state index contributed by atoms with van der Waals surface area (Å²) in [5.74, 6) is -0.243. The van der Waals surface area contributed by atoms with Gasteiger partial charge in [0.05, 0.1) is 0 Å². The fourth-order valence-electron chi connectivity index (χ4n) is 4.30. The van der Waals surface area contributed by atoms with E-state index in [9.17, 15) is 17.6 Å². The van der Waals surface area contributed by atoms with E-state index >= 15 is 0 Å². The molecule has 0 saturated heterocycles. The standard InChI is InChI=1S/C20H24F4O/c1-2-3-13-4-6-14(7-5-13)15-8-10-17-16(12-15)9-11-18(19(17)21)25-20(22,23)24/h8-9,11,13-14H,2-7,10,12H2,1H3. The summed E-state index contributed by atoms with van der Waals surface area (Å²) in [5, 5.41) is 0. The molecule has 2 aliphatic rings. The normalized spacial score (nSPS) is 23.8. The Morgan fingerprint density at radius 2 is 1.84 bits per heavy atom. The molecule has 3 rings (SSSR count). The minimum atomic E-state index is -4.87. The minimum Gasteiger partial charge on any atom is -0.403 e. The van der Waals surface area contributed by atoms with E-state index in [0.29, 0.717) is 24.3 Å². The molecule has 0 heterocycles. The van der Waals surface area contributed by atoms with Crippen molar-refractivity contribution >= 4 is 0 Å². The van der Waals surface area contributed by atoms with E-state index in [2.05, 4.69) is 11.7 Å². The van der Waals surface area contributed by atoms with Gasteiger partial charge in [0.15, 0.2) is 11.6 Å². The molecule has 0 radical (unpaired) electrons. The molecule has 0 bridgehead atoms. The summed E-state index contributed by atoms with van der Waals surface area (Å²) in [6, 6.07) is 2.68. The lowest BCUT2D eigenvalue weighted by Gasteiger charge is -2.32. The molecule has 5 heteroatoms. The zero-order chi connectivity index (χ0) is 18.0. The lowest BCUT2D eigenvalue weighted by atomic mass is 9.74. The van der Waals surface area contributed by atoms with Crippen molar-refractivity contribution in [2.24, 2.45) is 11.8 Å².